The van der Waals surface area contributed by atoms with Crippen molar-refractivity contribution < 1.29 is 23.1 Å². The molecular weight excluding hydrogens is 344 g/mol. The highest BCUT2D eigenvalue weighted by Gasteiger charge is 2.31. The third kappa shape index (κ3) is 5.02. The van der Waals surface area contributed by atoms with Crippen LogP contribution in [0.5, 0.6) is 0 Å². The fraction of sp³-hybridized carbons (Fsp3) is 0.529. The minimum absolute atomic E-state index is 0.101. The Morgan fingerprint density at radius 2 is 1.64 bits per heavy atom. The van der Waals surface area contributed by atoms with Gasteiger partial charge in [0.1, 0.15) is 0 Å². The van der Waals surface area contributed by atoms with Gasteiger partial charge in [-0.1, -0.05) is 12.8 Å². The standard InChI is InChI=1S/C17H24N2O5S/c1-11(2)19-25(23,24)13-9-7-12(8-10-13)18-16(20)14-5-3-4-6-15(14)17(21)22/h7-11,14-15,19H,3-6H2,1-2H3,(H,18,20)(H,21,22)/p-1/t14-,15+/m0/s1. The molecule has 2 N–H and O–H groups in total. The van der Waals surface area contributed by atoms with Crippen LogP contribution < -0.4 is 15.1 Å². The molecule has 0 radical (unpaired) electrons. The molecule has 0 saturated heterocycles. The van der Waals surface area contributed by atoms with Gasteiger partial charge in [-0.25, -0.2) is 13.1 Å². The molecule has 1 aromatic rings. The number of rotatable bonds is 6. The molecule has 0 aromatic heterocycles. The summed E-state index contributed by atoms with van der Waals surface area (Å²) >= 11 is 0. The first-order valence-electron chi connectivity index (χ1n) is 8.35. The molecular formula is C17H23N2O5S-. The monoisotopic (exact) mass is 367 g/mol. The lowest BCUT2D eigenvalue weighted by molar-refractivity contribution is -0.313. The van der Waals surface area contributed by atoms with E-state index in [1.54, 1.807) is 13.8 Å². The summed E-state index contributed by atoms with van der Waals surface area (Å²) in [6, 6.07) is 5.56. The molecule has 1 aliphatic rings. The summed E-state index contributed by atoms with van der Waals surface area (Å²) < 4.78 is 26.6. The maximum absolute atomic E-state index is 12.4. The van der Waals surface area contributed by atoms with Crippen LogP contribution in [0.3, 0.4) is 0 Å². The van der Waals surface area contributed by atoms with Gasteiger partial charge < -0.3 is 15.2 Å². The van der Waals surface area contributed by atoms with Crippen LogP contribution in [0.2, 0.25) is 0 Å². The van der Waals surface area contributed by atoms with E-state index in [0.717, 1.165) is 12.8 Å². The molecule has 2 atom stereocenters. The summed E-state index contributed by atoms with van der Waals surface area (Å²) in [5, 5.41) is 13.9. The van der Waals surface area contributed by atoms with Crippen LogP contribution in [0.25, 0.3) is 0 Å². The molecule has 1 fully saturated rings. The van der Waals surface area contributed by atoms with Gasteiger partial charge in [0.15, 0.2) is 0 Å². The first-order valence-corrected chi connectivity index (χ1v) is 9.83. The number of amides is 1. The SMILES string of the molecule is CC(C)NS(=O)(=O)c1ccc(NC(=O)[C@H]2CCCC[C@H]2C(=O)[O-])cc1. The van der Waals surface area contributed by atoms with Gasteiger partial charge in [-0.2, -0.15) is 0 Å². The summed E-state index contributed by atoms with van der Waals surface area (Å²) in [5.41, 5.74) is 0.427. The average Bonchev–Trinajstić information content (AvgIpc) is 2.54. The van der Waals surface area contributed by atoms with E-state index in [9.17, 15) is 23.1 Å². The second kappa shape index (κ2) is 7.97. The van der Waals surface area contributed by atoms with Crippen molar-refractivity contribution >= 4 is 27.6 Å². The zero-order valence-corrected chi connectivity index (χ0v) is 15.1. The van der Waals surface area contributed by atoms with Crippen LogP contribution in [0.4, 0.5) is 5.69 Å². The molecule has 0 bridgehead atoms. The number of nitrogens with one attached hydrogen (secondary N) is 2. The Bertz CT molecular complexity index is 728. The summed E-state index contributed by atoms with van der Waals surface area (Å²) in [5.74, 6) is -2.96. The Hall–Kier alpha value is -1.93. The van der Waals surface area contributed by atoms with Crippen molar-refractivity contribution in [3.63, 3.8) is 0 Å². The van der Waals surface area contributed by atoms with Gasteiger partial charge >= 0.3 is 0 Å². The third-order valence-electron chi connectivity index (χ3n) is 4.23. The zero-order valence-electron chi connectivity index (χ0n) is 14.3. The minimum atomic E-state index is -3.59. The summed E-state index contributed by atoms with van der Waals surface area (Å²) in [4.78, 5) is 23.7. The molecule has 0 heterocycles. The van der Waals surface area contributed by atoms with E-state index in [4.69, 9.17) is 0 Å². The Balaban J connectivity index is 2.08. The molecule has 0 spiro atoms. The molecule has 8 heteroatoms. The van der Waals surface area contributed by atoms with Gasteiger partial charge in [-0.3, -0.25) is 4.79 Å². The molecule has 1 aromatic carbocycles. The highest BCUT2D eigenvalue weighted by molar-refractivity contribution is 7.89. The van der Waals surface area contributed by atoms with E-state index < -0.39 is 27.8 Å². The Morgan fingerprint density at radius 1 is 1.08 bits per heavy atom. The maximum atomic E-state index is 12.4. The van der Waals surface area contributed by atoms with Gasteiger partial charge in [0.25, 0.3) is 0 Å². The number of carboxylic acid groups (broad SMARTS) is 1. The van der Waals surface area contributed by atoms with Crippen LogP contribution in [-0.4, -0.2) is 26.3 Å². The smallest absolute Gasteiger partial charge is 0.240 e. The van der Waals surface area contributed by atoms with E-state index in [1.807, 2.05) is 0 Å². The topological polar surface area (TPSA) is 115 Å². The van der Waals surface area contributed by atoms with Crippen LogP contribution in [-0.2, 0) is 19.6 Å². The van der Waals surface area contributed by atoms with Crippen molar-refractivity contribution in [1.82, 2.24) is 4.72 Å². The third-order valence-corrected chi connectivity index (χ3v) is 5.90. The van der Waals surface area contributed by atoms with Crippen molar-refractivity contribution in [1.29, 1.82) is 0 Å². The quantitative estimate of drug-likeness (QED) is 0.774. The molecule has 1 aliphatic carbocycles. The van der Waals surface area contributed by atoms with Crippen molar-refractivity contribution in [2.45, 2.75) is 50.5 Å². The van der Waals surface area contributed by atoms with Crippen LogP contribution in [0, 0.1) is 11.8 Å². The molecule has 1 amide bonds. The molecule has 1 saturated carbocycles. The first-order chi connectivity index (χ1) is 11.7. The van der Waals surface area contributed by atoms with Gasteiger partial charge in [0, 0.05) is 29.5 Å². The normalized spacial score (nSPS) is 21.1. The average molecular weight is 367 g/mol. The van der Waals surface area contributed by atoms with Crippen LogP contribution >= 0.6 is 0 Å². The number of carbonyl (C=O) groups is 2. The number of anilines is 1. The lowest BCUT2D eigenvalue weighted by Gasteiger charge is -2.31. The van der Waals surface area contributed by atoms with E-state index in [0.29, 0.717) is 18.5 Å². The number of sulfonamides is 1. The van der Waals surface area contributed by atoms with Crippen molar-refractivity contribution in [3.8, 4) is 0 Å². The molecule has 0 unspecified atom stereocenters. The lowest BCUT2D eigenvalue weighted by Crippen LogP contribution is -2.42. The number of aliphatic carboxylic acids is 1. The van der Waals surface area contributed by atoms with Crippen molar-refractivity contribution in [3.05, 3.63) is 24.3 Å². The van der Waals surface area contributed by atoms with E-state index in [2.05, 4.69) is 10.0 Å². The van der Waals surface area contributed by atoms with E-state index in [-0.39, 0.29) is 16.8 Å². The highest BCUT2D eigenvalue weighted by Crippen LogP contribution is 2.30. The Labute approximate surface area is 147 Å². The predicted octanol–water partition coefficient (Wildman–Crippen LogP) is 0.868. The second-order valence-electron chi connectivity index (χ2n) is 6.61. The second-order valence-corrected chi connectivity index (χ2v) is 8.32. The number of carboxylic acids is 1. The minimum Gasteiger partial charge on any atom is -0.550 e. The summed E-state index contributed by atoms with van der Waals surface area (Å²) in [6.07, 6.45) is 2.53. The molecule has 25 heavy (non-hydrogen) atoms. The fourth-order valence-corrected chi connectivity index (χ4v) is 4.31. The predicted molar refractivity (Wildman–Crippen MR) is 91.0 cm³/mol. The number of benzene rings is 1. The van der Waals surface area contributed by atoms with E-state index >= 15 is 0 Å². The van der Waals surface area contributed by atoms with Gasteiger partial charge in [-0.15, -0.1) is 0 Å². The Kier molecular flexibility index (Phi) is 6.18. The van der Waals surface area contributed by atoms with Gasteiger partial charge in [-0.05, 0) is 51.0 Å². The first kappa shape index (κ1) is 19.4. The highest BCUT2D eigenvalue weighted by atomic mass is 32.2. The Morgan fingerprint density at radius 3 is 2.16 bits per heavy atom. The number of hydrogen-bond acceptors (Lipinski definition) is 5. The maximum Gasteiger partial charge on any atom is 0.240 e. The van der Waals surface area contributed by atoms with Crippen LogP contribution in [0.15, 0.2) is 29.2 Å². The van der Waals surface area contributed by atoms with Crippen molar-refractivity contribution in [2.24, 2.45) is 11.8 Å². The van der Waals surface area contributed by atoms with E-state index in [1.165, 1.54) is 24.3 Å². The molecule has 2 rings (SSSR count). The number of carbonyl (C=O) groups excluding carboxylic acids is 2. The van der Waals surface area contributed by atoms with Gasteiger partial charge in [0.2, 0.25) is 15.9 Å². The molecule has 0 aliphatic heterocycles. The zero-order chi connectivity index (χ0) is 18.6. The van der Waals surface area contributed by atoms with Gasteiger partial charge in [0.05, 0.1) is 4.90 Å². The summed E-state index contributed by atoms with van der Waals surface area (Å²) in [6.45, 7) is 3.45. The number of hydrogen-bond donors (Lipinski definition) is 2. The van der Waals surface area contributed by atoms with Crippen LogP contribution in [0.1, 0.15) is 39.5 Å². The van der Waals surface area contributed by atoms with Crippen molar-refractivity contribution in [2.75, 3.05) is 5.32 Å². The lowest BCUT2D eigenvalue weighted by atomic mass is 9.78. The fourth-order valence-electron chi connectivity index (χ4n) is 3.06. The molecule has 138 valence electrons. The largest absolute Gasteiger partial charge is 0.550 e. The summed E-state index contributed by atoms with van der Waals surface area (Å²) in [7, 11) is -3.59. The molecule has 7 nitrogen and oxygen atoms in total.